The van der Waals surface area contributed by atoms with Crippen molar-refractivity contribution in [3.05, 3.63) is 28.4 Å². The molecule has 0 unspecified atom stereocenters. The molecule has 1 saturated heterocycles. The van der Waals surface area contributed by atoms with Gasteiger partial charge >= 0.3 is 5.82 Å². The van der Waals surface area contributed by atoms with Crippen molar-refractivity contribution in [1.29, 1.82) is 0 Å². The maximum atomic E-state index is 12.1. The third-order valence-corrected chi connectivity index (χ3v) is 4.69. The fourth-order valence-corrected chi connectivity index (χ4v) is 3.34. The minimum atomic E-state index is -0.498. The fourth-order valence-electron chi connectivity index (χ4n) is 3.34. The van der Waals surface area contributed by atoms with Crippen LogP contribution in [0, 0.1) is 16.0 Å². The fraction of sp³-hybridized carbons (Fsp3) is 0.611. The van der Waals surface area contributed by atoms with E-state index in [1.807, 2.05) is 20.8 Å². The number of anilines is 1. The molecule has 0 spiro atoms. The molecule has 0 radical (unpaired) electrons. The van der Waals surface area contributed by atoms with E-state index in [1.54, 1.807) is 12.1 Å². The van der Waals surface area contributed by atoms with Gasteiger partial charge in [-0.25, -0.2) is 4.98 Å². The van der Waals surface area contributed by atoms with Crippen molar-refractivity contribution < 1.29 is 9.72 Å². The molecule has 2 aromatic rings. The van der Waals surface area contributed by atoms with E-state index in [0.717, 1.165) is 32.5 Å². The highest BCUT2D eigenvalue weighted by atomic mass is 16.6. The molecule has 0 saturated carbocycles. The number of hydrogen-bond acceptors (Lipinski definition) is 7. The number of nitrogens with one attached hydrogen (secondary N) is 2. The SMILES string of the molecule is CC(C)(C)NC(=O)CN1CCC(CNc2ccc3ncc([N+](=O)[O-])n3n2)CC1. The summed E-state index contributed by atoms with van der Waals surface area (Å²) in [5.74, 6) is 0.960. The zero-order valence-corrected chi connectivity index (χ0v) is 16.5. The molecule has 3 heterocycles. The lowest BCUT2D eigenvalue weighted by Gasteiger charge is -2.32. The summed E-state index contributed by atoms with van der Waals surface area (Å²) < 4.78 is 1.23. The van der Waals surface area contributed by atoms with E-state index in [-0.39, 0.29) is 17.3 Å². The molecule has 0 aliphatic carbocycles. The third-order valence-electron chi connectivity index (χ3n) is 4.69. The molecule has 1 fully saturated rings. The Bertz CT molecular complexity index is 850. The molecule has 1 aliphatic rings. The number of hydrogen-bond donors (Lipinski definition) is 2. The van der Waals surface area contributed by atoms with Crippen molar-refractivity contribution in [1.82, 2.24) is 24.8 Å². The van der Waals surface area contributed by atoms with Crippen molar-refractivity contribution >= 4 is 23.2 Å². The first-order valence-corrected chi connectivity index (χ1v) is 9.48. The average molecular weight is 389 g/mol. The Morgan fingerprint density at radius 3 is 2.68 bits per heavy atom. The van der Waals surface area contributed by atoms with Gasteiger partial charge in [0.1, 0.15) is 6.20 Å². The molecular formula is C18H27N7O3. The minimum absolute atomic E-state index is 0.0588. The minimum Gasteiger partial charge on any atom is -0.367 e. The molecule has 0 bridgehead atoms. The Kier molecular flexibility index (Phi) is 5.78. The number of rotatable bonds is 6. The zero-order valence-electron chi connectivity index (χ0n) is 16.5. The van der Waals surface area contributed by atoms with Gasteiger partial charge in [-0.15, -0.1) is 0 Å². The van der Waals surface area contributed by atoms with Crippen LogP contribution >= 0.6 is 0 Å². The molecule has 3 rings (SSSR count). The van der Waals surface area contributed by atoms with E-state index in [1.165, 1.54) is 10.7 Å². The van der Waals surface area contributed by atoms with Crippen LogP contribution in [0.15, 0.2) is 18.3 Å². The van der Waals surface area contributed by atoms with E-state index >= 15 is 0 Å². The Hall–Kier alpha value is -2.75. The summed E-state index contributed by atoms with van der Waals surface area (Å²) in [6.45, 7) is 8.86. The second-order valence-corrected chi connectivity index (χ2v) is 8.26. The number of imidazole rings is 1. The number of piperidine rings is 1. The highest BCUT2D eigenvalue weighted by Gasteiger charge is 2.23. The van der Waals surface area contributed by atoms with Gasteiger partial charge in [-0.1, -0.05) is 9.61 Å². The van der Waals surface area contributed by atoms with Crippen LogP contribution in [-0.2, 0) is 4.79 Å². The quantitative estimate of drug-likeness (QED) is 0.570. The molecule has 28 heavy (non-hydrogen) atoms. The van der Waals surface area contributed by atoms with Crippen molar-refractivity contribution in [3.63, 3.8) is 0 Å². The van der Waals surface area contributed by atoms with Gasteiger partial charge in [0.2, 0.25) is 11.6 Å². The number of carbonyl (C=O) groups excluding carboxylic acids is 1. The summed E-state index contributed by atoms with van der Waals surface area (Å²) in [7, 11) is 0. The van der Waals surface area contributed by atoms with Crippen molar-refractivity contribution in [2.24, 2.45) is 5.92 Å². The molecule has 152 valence electrons. The van der Waals surface area contributed by atoms with Gasteiger partial charge in [-0.3, -0.25) is 9.69 Å². The highest BCUT2D eigenvalue weighted by molar-refractivity contribution is 5.78. The monoisotopic (exact) mass is 389 g/mol. The lowest BCUT2D eigenvalue weighted by atomic mass is 9.97. The smallest absolute Gasteiger partial charge is 0.367 e. The van der Waals surface area contributed by atoms with E-state index in [0.29, 0.717) is 23.9 Å². The van der Waals surface area contributed by atoms with Gasteiger partial charge < -0.3 is 20.7 Å². The lowest BCUT2D eigenvalue weighted by molar-refractivity contribution is -0.391. The highest BCUT2D eigenvalue weighted by Crippen LogP contribution is 2.19. The number of carbonyl (C=O) groups is 1. The Morgan fingerprint density at radius 1 is 1.32 bits per heavy atom. The first-order chi connectivity index (χ1) is 13.2. The molecule has 10 heteroatoms. The van der Waals surface area contributed by atoms with Crippen LogP contribution in [0.3, 0.4) is 0 Å². The summed E-state index contributed by atoms with van der Waals surface area (Å²) >= 11 is 0. The van der Waals surface area contributed by atoms with Gasteiger partial charge in [0.25, 0.3) is 0 Å². The summed E-state index contributed by atoms with van der Waals surface area (Å²) in [6, 6.07) is 3.48. The molecule has 2 aromatic heterocycles. The van der Waals surface area contributed by atoms with Crippen molar-refractivity contribution in [3.8, 4) is 0 Å². The van der Waals surface area contributed by atoms with Crippen LogP contribution in [0.4, 0.5) is 11.6 Å². The molecular weight excluding hydrogens is 362 g/mol. The Morgan fingerprint density at radius 2 is 2.04 bits per heavy atom. The average Bonchev–Trinajstić information content (AvgIpc) is 3.03. The molecule has 0 atom stereocenters. The van der Waals surface area contributed by atoms with Crippen LogP contribution in [-0.4, -0.2) is 62.0 Å². The van der Waals surface area contributed by atoms with Crippen LogP contribution in [0.25, 0.3) is 5.65 Å². The molecule has 1 amide bonds. The second-order valence-electron chi connectivity index (χ2n) is 8.26. The lowest BCUT2D eigenvalue weighted by Crippen LogP contribution is -2.47. The molecule has 10 nitrogen and oxygen atoms in total. The summed E-state index contributed by atoms with van der Waals surface area (Å²) in [4.78, 5) is 28.7. The van der Waals surface area contributed by atoms with Gasteiger partial charge in [-0.2, -0.15) is 0 Å². The topological polar surface area (TPSA) is 118 Å². The van der Waals surface area contributed by atoms with E-state index in [4.69, 9.17) is 0 Å². The molecule has 2 N–H and O–H groups in total. The number of fused-ring (bicyclic) bond motifs is 1. The van der Waals surface area contributed by atoms with Crippen LogP contribution in [0.5, 0.6) is 0 Å². The molecule has 0 aromatic carbocycles. The largest absolute Gasteiger partial charge is 0.368 e. The van der Waals surface area contributed by atoms with Gasteiger partial charge in [0.15, 0.2) is 5.82 Å². The maximum Gasteiger partial charge on any atom is 0.368 e. The van der Waals surface area contributed by atoms with E-state index < -0.39 is 4.92 Å². The first kappa shape index (κ1) is 20.0. The Balaban J connectivity index is 1.48. The number of amides is 1. The van der Waals surface area contributed by atoms with E-state index in [2.05, 4.69) is 25.6 Å². The van der Waals surface area contributed by atoms with Crippen LogP contribution in [0.1, 0.15) is 33.6 Å². The van der Waals surface area contributed by atoms with Crippen molar-refractivity contribution in [2.75, 3.05) is 31.5 Å². The number of nitrogens with zero attached hydrogens (tertiary/aromatic N) is 5. The van der Waals surface area contributed by atoms with Gasteiger partial charge in [0, 0.05) is 18.2 Å². The Labute approximate surface area is 163 Å². The first-order valence-electron chi connectivity index (χ1n) is 9.48. The number of likely N-dealkylation sites (tertiary alicyclic amines) is 1. The second kappa shape index (κ2) is 8.09. The third kappa shape index (κ3) is 5.16. The van der Waals surface area contributed by atoms with E-state index in [9.17, 15) is 14.9 Å². The maximum absolute atomic E-state index is 12.1. The standard InChI is InChI=1S/C18H27N7O3/c1-18(2,3)21-16(26)12-23-8-6-13(7-9-23)10-19-14-4-5-15-20-11-17(25(27)28)24(15)22-14/h4-5,11,13H,6-10,12H2,1-3H3,(H,19,22)(H,21,26). The van der Waals surface area contributed by atoms with Crippen molar-refractivity contribution in [2.45, 2.75) is 39.2 Å². The normalized spacial score (nSPS) is 16.2. The predicted molar refractivity (Wildman–Crippen MR) is 105 cm³/mol. The molecule has 1 aliphatic heterocycles. The summed E-state index contributed by atoms with van der Waals surface area (Å²) in [5, 5.41) is 21.6. The number of aromatic nitrogens is 3. The summed E-state index contributed by atoms with van der Waals surface area (Å²) in [6.07, 6.45) is 3.18. The van der Waals surface area contributed by atoms with Crippen LogP contribution in [0.2, 0.25) is 0 Å². The van der Waals surface area contributed by atoms with Crippen LogP contribution < -0.4 is 10.6 Å². The van der Waals surface area contributed by atoms with Gasteiger partial charge in [-0.05, 0) is 63.6 Å². The summed E-state index contributed by atoms with van der Waals surface area (Å²) in [5.41, 5.74) is 0.233. The van der Waals surface area contributed by atoms with Gasteiger partial charge in [0.05, 0.1) is 6.54 Å². The predicted octanol–water partition coefficient (Wildman–Crippen LogP) is 1.68. The number of nitro groups is 1. The zero-order chi connectivity index (χ0) is 20.3.